The Hall–Kier alpha value is -4.02. The van der Waals surface area contributed by atoms with Gasteiger partial charge in [-0.3, -0.25) is 9.78 Å². The monoisotopic (exact) mass is 456 g/mol. The molecule has 0 aliphatic carbocycles. The number of aryl methyl sites for hydroxylation is 1. The Morgan fingerprint density at radius 1 is 1.18 bits per heavy atom. The van der Waals surface area contributed by atoms with Gasteiger partial charge in [-0.1, -0.05) is 5.16 Å². The average molecular weight is 456 g/mol. The molecule has 1 amide bonds. The van der Waals surface area contributed by atoms with Crippen molar-refractivity contribution in [2.24, 2.45) is 0 Å². The van der Waals surface area contributed by atoms with Crippen LogP contribution < -0.4 is 5.73 Å². The van der Waals surface area contributed by atoms with Crippen molar-refractivity contribution in [3.63, 3.8) is 0 Å². The zero-order valence-corrected chi connectivity index (χ0v) is 17.7. The Labute approximate surface area is 186 Å². The molecule has 3 heterocycles. The third kappa shape index (κ3) is 4.61. The number of alkyl halides is 3. The van der Waals surface area contributed by atoms with Crippen molar-refractivity contribution in [1.29, 1.82) is 0 Å². The number of rotatable bonds is 5. The van der Waals surface area contributed by atoms with Gasteiger partial charge in [0.2, 0.25) is 6.39 Å². The van der Waals surface area contributed by atoms with Gasteiger partial charge in [-0.05, 0) is 55.8 Å². The van der Waals surface area contributed by atoms with Crippen LogP contribution in [0.15, 0.2) is 53.5 Å². The number of carbonyl (C=O) groups excluding carboxylic acids is 1. The molecule has 8 nitrogen and oxygen atoms in total. The van der Waals surface area contributed by atoms with Gasteiger partial charge in [-0.25, -0.2) is 4.98 Å². The van der Waals surface area contributed by atoms with Crippen LogP contribution in [0, 0.1) is 6.92 Å². The number of amides is 1. The molecule has 11 heteroatoms. The number of halogens is 3. The van der Waals surface area contributed by atoms with Gasteiger partial charge in [0, 0.05) is 17.1 Å². The molecule has 0 radical (unpaired) electrons. The molecule has 1 atom stereocenters. The zero-order valence-electron chi connectivity index (χ0n) is 17.7. The first-order chi connectivity index (χ1) is 15.6. The summed E-state index contributed by atoms with van der Waals surface area (Å²) < 4.78 is 43.4. The summed E-state index contributed by atoms with van der Waals surface area (Å²) in [5.41, 5.74) is 7.04. The second-order valence-corrected chi connectivity index (χ2v) is 7.53. The van der Waals surface area contributed by atoms with Crippen molar-refractivity contribution in [2.45, 2.75) is 32.6 Å². The quantitative estimate of drug-likeness (QED) is 0.476. The Morgan fingerprint density at radius 3 is 2.61 bits per heavy atom. The number of carbonyl (C=O) groups is 1. The van der Waals surface area contributed by atoms with E-state index in [2.05, 4.69) is 20.1 Å². The molecule has 0 aliphatic rings. The van der Waals surface area contributed by atoms with Crippen molar-refractivity contribution in [1.82, 2.24) is 25.0 Å². The van der Waals surface area contributed by atoms with Crippen LogP contribution in [-0.4, -0.2) is 30.9 Å². The van der Waals surface area contributed by atoms with Crippen LogP contribution in [0.25, 0.3) is 10.9 Å². The second-order valence-electron chi connectivity index (χ2n) is 7.53. The summed E-state index contributed by atoms with van der Waals surface area (Å²) in [6, 6.07) is 8.35. The molecule has 0 fully saturated rings. The molecule has 1 aromatic carbocycles. The molecule has 4 aromatic rings. The van der Waals surface area contributed by atoms with Gasteiger partial charge in [-0.2, -0.15) is 18.2 Å². The molecule has 33 heavy (non-hydrogen) atoms. The van der Waals surface area contributed by atoms with E-state index in [0.29, 0.717) is 16.9 Å². The first kappa shape index (κ1) is 22.2. The lowest BCUT2D eigenvalue weighted by atomic mass is 10.1. The highest BCUT2D eigenvalue weighted by molar-refractivity contribution is 5.98. The molecule has 0 unspecified atom stereocenters. The van der Waals surface area contributed by atoms with Crippen molar-refractivity contribution in [3.8, 4) is 0 Å². The number of pyridine rings is 2. The SMILES string of the molecule is Cc1cc2cc(C(=O)N(Cc3ccc(C(F)(F)F)cn3)[C@@H](C)c3ncon3)ccc2nc1N. The maximum Gasteiger partial charge on any atom is 0.417 e. The minimum Gasteiger partial charge on any atom is -0.383 e. The fourth-order valence-electron chi connectivity index (χ4n) is 3.34. The maximum atomic E-state index is 13.5. The second kappa shape index (κ2) is 8.49. The van der Waals surface area contributed by atoms with Crippen LogP contribution in [0.5, 0.6) is 0 Å². The first-order valence-electron chi connectivity index (χ1n) is 9.89. The summed E-state index contributed by atoms with van der Waals surface area (Å²) >= 11 is 0. The highest BCUT2D eigenvalue weighted by atomic mass is 19.4. The molecule has 0 saturated carbocycles. The topological polar surface area (TPSA) is 111 Å². The minimum atomic E-state index is -4.50. The molecule has 0 spiro atoms. The lowest BCUT2D eigenvalue weighted by molar-refractivity contribution is -0.137. The fraction of sp³-hybridized carbons (Fsp3) is 0.227. The van der Waals surface area contributed by atoms with Gasteiger partial charge in [0.15, 0.2) is 5.82 Å². The summed E-state index contributed by atoms with van der Waals surface area (Å²) in [4.78, 5) is 27.1. The van der Waals surface area contributed by atoms with Crippen LogP contribution in [0.1, 0.15) is 46.0 Å². The largest absolute Gasteiger partial charge is 0.417 e. The Bertz CT molecular complexity index is 1290. The normalized spacial score (nSPS) is 12.6. The molecular formula is C22H19F3N6O2. The lowest BCUT2D eigenvalue weighted by Gasteiger charge is -2.27. The van der Waals surface area contributed by atoms with Crippen LogP contribution in [0.2, 0.25) is 0 Å². The Balaban J connectivity index is 1.69. The van der Waals surface area contributed by atoms with E-state index in [9.17, 15) is 18.0 Å². The van der Waals surface area contributed by atoms with Gasteiger partial charge < -0.3 is 15.2 Å². The molecule has 4 rings (SSSR count). The third-order valence-corrected chi connectivity index (χ3v) is 5.26. The van der Waals surface area contributed by atoms with Gasteiger partial charge in [-0.15, -0.1) is 0 Å². The number of aromatic nitrogens is 4. The molecule has 0 saturated heterocycles. The van der Waals surface area contributed by atoms with Gasteiger partial charge in [0.1, 0.15) is 5.82 Å². The summed E-state index contributed by atoms with van der Waals surface area (Å²) in [7, 11) is 0. The number of benzene rings is 1. The number of fused-ring (bicyclic) bond motifs is 1. The van der Waals surface area contributed by atoms with Crippen LogP contribution in [-0.2, 0) is 12.7 Å². The summed E-state index contributed by atoms with van der Waals surface area (Å²) in [5.74, 6) is 0.272. The third-order valence-electron chi connectivity index (χ3n) is 5.26. The predicted molar refractivity (Wildman–Crippen MR) is 113 cm³/mol. The molecule has 0 aliphatic heterocycles. The maximum absolute atomic E-state index is 13.5. The predicted octanol–water partition coefficient (Wildman–Crippen LogP) is 4.33. The zero-order chi connectivity index (χ0) is 23.8. The molecule has 0 bridgehead atoms. The Kier molecular flexibility index (Phi) is 5.71. The number of nitrogen functional groups attached to an aromatic ring is 1. The highest BCUT2D eigenvalue weighted by Gasteiger charge is 2.31. The van der Waals surface area contributed by atoms with Crippen molar-refractivity contribution < 1.29 is 22.5 Å². The average Bonchev–Trinajstić information content (AvgIpc) is 3.32. The van der Waals surface area contributed by atoms with E-state index in [1.807, 2.05) is 13.0 Å². The molecule has 170 valence electrons. The number of hydrogen-bond acceptors (Lipinski definition) is 7. The van der Waals surface area contributed by atoms with E-state index in [0.717, 1.165) is 29.6 Å². The van der Waals surface area contributed by atoms with E-state index in [4.69, 9.17) is 10.3 Å². The molecular weight excluding hydrogens is 437 g/mol. The van der Waals surface area contributed by atoms with E-state index < -0.39 is 17.8 Å². The standard InChI is InChI=1S/C22H19F3N6O2/c1-12-7-15-8-14(3-6-18(15)29-19(12)26)21(32)31(13(2)20-28-11-33-30-20)10-17-5-4-16(9-27-17)22(23,24)25/h3-9,11,13H,10H2,1-2H3,(H2,26,29)/t13-/m0/s1. The Morgan fingerprint density at radius 2 is 1.97 bits per heavy atom. The molecule has 3 aromatic heterocycles. The summed E-state index contributed by atoms with van der Waals surface area (Å²) in [6.07, 6.45) is -2.62. The summed E-state index contributed by atoms with van der Waals surface area (Å²) in [6.45, 7) is 3.45. The van der Waals surface area contributed by atoms with E-state index >= 15 is 0 Å². The number of nitrogens with two attached hydrogens (primary N) is 1. The van der Waals surface area contributed by atoms with Gasteiger partial charge in [0.25, 0.3) is 5.91 Å². The van der Waals surface area contributed by atoms with Crippen LogP contribution >= 0.6 is 0 Å². The lowest BCUT2D eigenvalue weighted by Crippen LogP contribution is -2.34. The highest BCUT2D eigenvalue weighted by Crippen LogP contribution is 2.29. The minimum absolute atomic E-state index is 0.0657. The van der Waals surface area contributed by atoms with Crippen molar-refractivity contribution >= 4 is 22.6 Å². The molecule has 2 N–H and O–H groups in total. The van der Waals surface area contributed by atoms with Crippen molar-refractivity contribution in [2.75, 3.05) is 5.73 Å². The number of nitrogens with zero attached hydrogens (tertiary/aromatic N) is 5. The van der Waals surface area contributed by atoms with Crippen LogP contribution in [0.4, 0.5) is 19.0 Å². The van der Waals surface area contributed by atoms with Gasteiger partial charge in [0.05, 0.1) is 29.4 Å². The van der Waals surface area contributed by atoms with E-state index in [1.54, 1.807) is 25.1 Å². The first-order valence-corrected chi connectivity index (χ1v) is 9.89. The smallest absolute Gasteiger partial charge is 0.383 e. The summed E-state index contributed by atoms with van der Waals surface area (Å²) in [5, 5.41) is 4.53. The van der Waals surface area contributed by atoms with E-state index in [-0.39, 0.29) is 24.0 Å². The number of anilines is 1. The number of hydrogen-bond donors (Lipinski definition) is 1. The van der Waals surface area contributed by atoms with E-state index in [1.165, 1.54) is 11.0 Å². The van der Waals surface area contributed by atoms with Crippen LogP contribution in [0.3, 0.4) is 0 Å². The van der Waals surface area contributed by atoms with Crippen molar-refractivity contribution in [3.05, 3.63) is 77.2 Å². The fourth-order valence-corrected chi connectivity index (χ4v) is 3.34. The van der Waals surface area contributed by atoms with Gasteiger partial charge >= 0.3 is 6.18 Å².